The van der Waals surface area contributed by atoms with Crippen molar-refractivity contribution in [2.24, 2.45) is 5.92 Å². The Morgan fingerprint density at radius 3 is 2.54 bits per heavy atom. The van der Waals surface area contributed by atoms with E-state index in [2.05, 4.69) is 15.9 Å². The standard InChI is InChI=1S/C17H19BrF4O4/c1-4-12-8(2)15(24-9(3)23)14(19)16(25-12)26-13-6-5-10(18)7-11(13)17(20,21)22/h5-8,12,14-16H,4H2,1-3H3/t8-,12-,14+,15+,16-/m1/s1. The van der Waals surface area contributed by atoms with Crippen LogP contribution in [0, 0.1) is 5.92 Å². The van der Waals surface area contributed by atoms with Crippen molar-refractivity contribution in [3.8, 4) is 5.75 Å². The molecule has 0 spiro atoms. The van der Waals surface area contributed by atoms with Gasteiger partial charge in [0.15, 0.2) is 6.17 Å². The molecule has 1 aromatic carbocycles. The van der Waals surface area contributed by atoms with E-state index < -0.39 is 54.0 Å². The average Bonchev–Trinajstić information content (AvgIpc) is 2.54. The molecule has 1 aliphatic heterocycles. The van der Waals surface area contributed by atoms with Gasteiger partial charge in [-0.2, -0.15) is 13.2 Å². The van der Waals surface area contributed by atoms with Gasteiger partial charge in [-0.25, -0.2) is 4.39 Å². The lowest BCUT2D eigenvalue weighted by atomic mass is 9.90. The van der Waals surface area contributed by atoms with Gasteiger partial charge >= 0.3 is 12.1 Å². The Bertz CT molecular complexity index is 652. The summed E-state index contributed by atoms with van der Waals surface area (Å²) < 4.78 is 70.5. The number of hydrogen-bond donors (Lipinski definition) is 0. The third-order valence-electron chi connectivity index (χ3n) is 4.18. The van der Waals surface area contributed by atoms with Crippen molar-refractivity contribution in [3.05, 3.63) is 28.2 Å². The van der Waals surface area contributed by atoms with Crippen LogP contribution in [0.25, 0.3) is 0 Å². The smallest absolute Gasteiger partial charge is 0.420 e. The number of halogens is 5. The molecule has 0 unspecified atom stereocenters. The first-order chi connectivity index (χ1) is 12.0. The van der Waals surface area contributed by atoms with Crippen molar-refractivity contribution in [1.29, 1.82) is 0 Å². The highest BCUT2D eigenvalue weighted by atomic mass is 79.9. The molecule has 0 N–H and O–H groups in total. The van der Waals surface area contributed by atoms with Crippen LogP contribution in [0.2, 0.25) is 0 Å². The molecule has 1 fully saturated rings. The van der Waals surface area contributed by atoms with Crippen LogP contribution in [-0.2, 0) is 20.4 Å². The van der Waals surface area contributed by atoms with E-state index in [1.165, 1.54) is 6.07 Å². The minimum Gasteiger partial charge on any atom is -0.461 e. The Hall–Kier alpha value is -1.35. The molecule has 2 rings (SSSR count). The van der Waals surface area contributed by atoms with E-state index in [1.54, 1.807) is 13.8 Å². The van der Waals surface area contributed by atoms with E-state index in [0.717, 1.165) is 19.1 Å². The van der Waals surface area contributed by atoms with E-state index in [9.17, 15) is 22.4 Å². The number of rotatable bonds is 4. The van der Waals surface area contributed by atoms with E-state index >= 15 is 0 Å². The van der Waals surface area contributed by atoms with Crippen molar-refractivity contribution in [2.75, 3.05) is 0 Å². The number of carbonyl (C=O) groups excluding carboxylic acids is 1. The Morgan fingerprint density at radius 2 is 2.00 bits per heavy atom. The summed E-state index contributed by atoms with van der Waals surface area (Å²) in [6.07, 6.45) is -9.48. The molecule has 0 aliphatic carbocycles. The molecule has 0 amide bonds. The maximum atomic E-state index is 14.8. The molecule has 0 bridgehead atoms. The number of benzene rings is 1. The lowest BCUT2D eigenvalue weighted by Crippen LogP contribution is -2.55. The topological polar surface area (TPSA) is 44.8 Å². The summed E-state index contributed by atoms with van der Waals surface area (Å²) in [5, 5.41) is 0. The maximum absolute atomic E-state index is 14.8. The van der Waals surface area contributed by atoms with Gasteiger partial charge in [-0.3, -0.25) is 4.79 Å². The van der Waals surface area contributed by atoms with Gasteiger partial charge in [0.05, 0.1) is 11.7 Å². The molecule has 0 saturated carbocycles. The number of carbonyl (C=O) groups is 1. The molecule has 0 aromatic heterocycles. The Morgan fingerprint density at radius 1 is 1.35 bits per heavy atom. The lowest BCUT2D eigenvalue weighted by molar-refractivity contribution is -0.244. The monoisotopic (exact) mass is 442 g/mol. The fourth-order valence-electron chi connectivity index (χ4n) is 2.90. The van der Waals surface area contributed by atoms with E-state index in [-0.39, 0.29) is 4.47 Å². The summed E-state index contributed by atoms with van der Waals surface area (Å²) in [6, 6.07) is 3.28. The predicted molar refractivity (Wildman–Crippen MR) is 88.3 cm³/mol. The average molecular weight is 443 g/mol. The number of esters is 1. The van der Waals surface area contributed by atoms with Gasteiger partial charge in [-0.15, -0.1) is 0 Å². The number of alkyl halides is 4. The van der Waals surface area contributed by atoms with Gasteiger partial charge in [0.1, 0.15) is 11.9 Å². The van der Waals surface area contributed by atoms with E-state index in [0.29, 0.717) is 6.42 Å². The zero-order valence-electron chi connectivity index (χ0n) is 14.3. The molecule has 146 valence electrons. The highest BCUT2D eigenvalue weighted by Crippen LogP contribution is 2.40. The third-order valence-corrected chi connectivity index (χ3v) is 4.68. The van der Waals surface area contributed by atoms with Crippen molar-refractivity contribution in [2.45, 2.75) is 58.0 Å². The predicted octanol–water partition coefficient (Wildman–Crippen LogP) is 4.89. The molecule has 9 heteroatoms. The normalized spacial score (nSPS) is 29.3. The zero-order valence-corrected chi connectivity index (χ0v) is 15.9. The minimum atomic E-state index is -4.69. The lowest BCUT2D eigenvalue weighted by Gasteiger charge is -2.41. The summed E-state index contributed by atoms with van der Waals surface area (Å²) in [6.45, 7) is 4.58. The summed E-state index contributed by atoms with van der Waals surface area (Å²) in [7, 11) is 0. The molecule has 0 radical (unpaired) electrons. The Kier molecular flexibility index (Phi) is 6.55. The number of ether oxygens (including phenoxy) is 3. The molecular weight excluding hydrogens is 424 g/mol. The van der Waals surface area contributed by atoms with Crippen molar-refractivity contribution >= 4 is 21.9 Å². The first kappa shape index (κ1) is 21.0. The minimum absolute atomic E-state index is 0.205. The highest BCUT2D eigenvalue weighted by molar-refractivity contribution is 9.10. The SMILES string of the molecule is CC[C@H]1O[C@H](Oc2ccc(Br)cc2C(F)(F)F)[C@@H](F)[C@@H](OC(C)=O)[C@@H]1C. The van der Waals surface area contributed by atoms with Crippen LogP contribution in [0.3, 0.4) is 0 Å². The van der Waals surface area contributed by atoms with Crippen LogP contribution in [0.5, 0.6) is 5.75 Å². The first-order valence-electron chi connectivity index (χ1n) is 8.04. The van der Waals surface area contributed by atoms with E-state index in [4.69, 9.17) is 14.2 Å². The second-order valence-electron chi connectivity index (χ2n) is 6.08. The largest absolute Gasteiger partial charge is 0.461 e. The summed E-state index contributed by atoms with van der Waals surface area (Å²) in [5.74, 6) is -1.70. The highest BCUT2D eigenvalue weighted by Gasteiger charge is 2.47. The summed E-state index contributed by atoms with van der Waals surface area (Å²) >= 11 is 2.97. The van der Waals surface area contributed by atoms with Gasteiger partial charge in [0, 0.05) is 17.3 Å². The van der Waals surface area contributed by atoms with Gasteiger partial charge in [0.25, 0.3) is 0 Å². The van der Waals surface area contributed by atoms with Crippen LogP contribution in [0.15, 0.2) is 22.7 Å². The van der Waals surface area contributed by atoms with Crippen LogP contribution in [0.4, 0.5) is 17.6 Å². The van der Waals surface area contributed by atoms with Crippen LogP contribution >= 0.6 is 15.9 Å². The van der Waals surface area contributed by atoms with Gasteiger partial charge in [-0.05, 0) is 24.6 Å². The summed E-state index contributed by atoms with van der Waals surface area (Å²) in [4.78, 5) is 11.3. The zero-order chi connectivity index (χ0) is 19.6. The molecule has 26 heavy (non-hydrogen) atoms. The fourth-order valence-corrected chi connectivity index (χ4v) is 3.27. The molecular formula is C17H19BrF4O4. The van der Waals surface area contributed by atoms with Crippen molar-refractivity contribution in [1.82, 2.24) is 0 Å². The Labute approximate surface area is 156 Å². The summed E-state index contributed by atoms with van der Waals surface area (Å²) in [5.41, 5.74) is -1.06. The molecule has 5 atom stereocenters. The van der Waals surface area contributed by atoms with Crippen LogP contribution in [0.1, 0.15) is 32.8 Å². The number of hydrogen-bond acceptors (Lipinski definition) is 4. The van der Waals surface area contributed by atoms with Crippen LogP contribution in [-0.4, -0.2) is 30.6 Å². The third kappa shape index (κ3) is 4.68. The fraction of sp³-hybridized carbons (Fsp3) is 0.588. The van der Waals surface area contributed by atoms with Crippen molar-refractivity contribution in [3.63, 3.8) is 0 Å². The quantitative estimate of drug-likeness (QED) is 0.491. The first-order valence-corrected chi connectivity index (χ1v) is 8.84. The maximum Gasteiger partial charge on any atom is 0.420 e. The molecule has 1 saturated heterocycles. The van der Waals surface area contributed by atoms with Crippen LogP contribution < -0.4 is 4.74 Å². The second-order valence-corrected chi connectivity index (χ2v) is 7.00. The van der Waals surface area contributed by atoms with Gasteiger partial charge in [0.2, 0.25) is 6.29 Å². The molecule has 1 aromatic rings. The Balaban J connectivity index is 2.32. The second kappa shape index (κ2) is 8.12. The molecule has 4 nitrogen and oxygen atoms in total. The van der Waals surface area contributed by atoms with Gasteiger partial charge in [-0.1, -0.05) is 29.8 Å². The molecule has 1 heterocycles. The molecule has 1 aliphatic rings. The van der Waals surface area contributed by atoms with Crippen molar-refractivity contribution < 1.29 is 36.6 Å². The van der Waals surface area contributed by atoms with Gasteiger partial charge < -0.3 is 14.2 Å². The van der Waals surface area contributed by atoms with E-state index in [1.807, 2.05) is 0 Å².